The van der Waals surface area contributed by atoms with Crippen LogP contribution in [0.1, 0.15) is 19.8 Å². The van der Waals surface area contributed by atoms with Gasteiger partial charge in [0.05, 0.1) is 13.2 Å². The van der Waals surface area contributed by atoms with E-state index in [0.717, 1.165) is 32.6 Å². The van der Waals surface area contributed by atoms with Gasteiger partial charge in [-0.2, -0.15) is 0 Å². The van der Waals surface area contributed by atoms with Crippen LogP contribution in [0, 0.1) is 0 Å². The van der Waals surface area contributed by atoms with Crippen LogP contribution in [0.3, 0.4) is 0 Å². The third-order valence-electron chi connectivity index (χ3n) is 2.06. The molecule has 0 saturated heterocycles. The van der Waals surface area contributed by atoms with Crippen LogP contribution in [-0.2, 0) is 9.47 Å². The first-order valence-corrected chi connectivity index (χ1v) is 5.18. The van der Waals surface area contributed by atoms with E-state index in [1.807, 2.05) is 0 Å². The second-order valence-corrected chi connectivity index (χ2v) is 3.61. The lowest BCUT2D eigenvalue weighted by Gasteiger charge is -2.22. The lowest BCUT2D eigenvalue weighted by Crippen LogP contribution is -2.41. The molecule has 0 amide bonds. The van der Waals surface area contributed by atoms with Crippen LogP contribution in [0.4, 0.5) is 0 Å². The molecule has 0 rings (SSSR count). The Morgan fingerprint density at radius 3 is 2.36 bits per heavy atom. The third-order valence-corrected chi connectivity index (χ3v) is 2.06. The van der Waals surface area contributed by atoms with Crippen molar-refractivity contribution in [3.8, 4) is 0 Å². The Balaban J connectivity index is 3.69. The molecule has 3 N–H and O–H groups in total. The van der Waals surface area contributed by atoms with Crippen molar-refractivity contribution in [1.82, 2.24) is 5.32 Å². The zero-order chi connectivity index (χ0) is 10.8. The van der Waals surface area contributed by atoms with E-state index in [0.29, 0.717) is 12.1 Å². The van der Waals surface area contributed by atoms with Crippen LogP contribution in [0.15, 0.2) is 0 Å². The van der Waals surface area contributed by atoms with Crippen LogP contribution in [0.2, 0.25) is 0 Å². The molecule has 0 aromatic carbocycles. The fraction of sp³-hybridized carbons (Fsp3) is 1.00. The largest absolute Gasteiger partial charge is 0.383 e. The van der Waals surface area contributed by atoms with Gasteiger partial charge in [-0.25, -0.2) is 0 Å². The van der Waals surface area contributed by atoms with Gasteiger partial charge in [0.1, 0.15) is 0 Å². The number of methoxy groups -OCH3 is 2. The van der Waals surface area contributed by atoms with E-state index < -0.39 is 0 Å². The summed E-state index contributed by atoms with van der Waals surface area (Å²) in [7, 11) is 3.43. The molecule has 86 valence electrons. The highest BCUT2D eigenvalue weighted by molar-refractivity contribution is 4.71. The molecule has 4 heteroatoms. The van der Waals surface area contributed by atoms with Crippen molar-refractivity contribution < 1.29 is 9.47 Å². The summed E-state index contributed by atoms with van der Waals surface area (Å²) in [6, 6.07) is 0.742. The number of rotatable bonds is 9. The fourth-order valence-electron chi connectivity index (χ4n) is 1.48. The molecule has 2 atom stereocenters. The summed E-state index contributed by atoms with van der Waals surface area (Å²) in [5, 5.41) is 3.45. The predicted molar refractivity (Wildman–Crippen MR) is 58.4 cm³/mol. The van der Waals surface area contributed by atoms with Crippen molar-refractivity contribution >= 4 is 0 Å². The monoisotopic (exact) mass is 204 g/mol. The van der Waals surface area contributed by atoms with E-state index in [2.05, 4.69) is 12.2 Å². The van der Waals surface area contributed by atoms with Crippen LogP contribution < -0.4 is 11.1 Å². The van der Waals surface area contributed by atoms with Gasteiger partial charge in [0, 0.05) is 26.3 Å². The minimum atomic E-state index is 0.359. The minimum absolute atomic E-state index is 0.359. The maximum absolute atomic E-state index is 5.47. The second-order valence-electron chi connectivity index (χ2n) is 3.61. The Morgan fingerprint density at radius 1 is 1.21 bits per heavy atom. The Hall–Kier alpha value is -0.160. The molecule has 0 aliphatic heterocycles. The van der Waals surface area contributed by atoms with Crippen molar-refractivity contribution in [1.29, 1.82) is 0 Å². The summed E-state index contributed by atoms with van der Waals surface area (Å²) in [4.78, 5) is 0. The van der Waals surface area contributed by atoms with Gasteiger partial charge in [0.25, 0.3) is 0 Å². The van der Waals surface area contributed by atoms with Crippen molar-refractivity contribution in [2.45, 2.75) is 31.8 Å². The zero-order valence-corrected chi connectivity index (χ0v) is 9.58. The maximum Gasteiger partial charge on any atom is 0.0615 e. The summed E-state index contributed by atoms with van der Waals surface area (Å²) in [6.45, 7) is 4.30. The highest BCUT2D eigenvalue weighted by atomic mass is 16.5. The molecule has 14 heavy (non-hydrogen) atoms. The third kappa shape index (κ3) is 7.26. The lowest BCUT2D eigenvalue weighted by atomic mass is 10.1. The maximum atomic E-state index is 5.47. The molecule has 0 radical (unpaired) electrons. The molecule has 0 saturated carbocycles. The molecular weight excluding hydrogens is 180 g/mol. The van der Waals surface area contributed by atoms with Gasteiger partial charge in [-0.1, -0.05) is 0 Å². The van der Waals surface area contributed by atoms with Crippen LogP contribution in [0.25, 0.3) is 0 Å². The molecule has 2 unspecified atom stereocenters. The van der Waals surface area contributed by atoms with Gasteiger partial charge in [0.2, 0.25) is 0 Å². The molecule has 0 heterocycles. The van der Waals surface area contributed by atoms with Crippen molar-refractivity contribution in [2.24, 2.45) is 5.73 Å². The first kappa shape index (κ1) is 13.8. The Labute approximate surface area is 87.1 Å². The first-order valence-electron chi connectivity index (χ1n) is 5.18. The average molecular weight is 204 g/mol. The van der Waals surface area contributed by atoms with Gasteiger partial charge < -0.3 is 20.5 Å². The van der Waals surface area contributed by atoms with Gasteiger partial charge in [-0.05, 0) is 26.3 Å². The summed E-state index contributed by atoms with van der Waals surface area (Å²) in [6.07, 6.45) is 2.08. The van der Waals surface area contributed by atoms with E-state index in [4.69, 9.17) is 15.2 Å². The Bertz CT molecular complexity index is 123. The molecular formula is C10H24N2O2. The van der Waals surface area contributed by atoms with Crippen molar-refractivity contribution in [3.63, 3.8) is 0 Å². The SMILES string of the molecule is COCC(C)NC(CCCN)COC. The van der Waals surface area contributed by atoms with Crippen LogP contribution in [-0.4, -0.2) is 46.1 Å². The highest BCUT2D eigenvalue weighted by Crippen LogP contribution is 1.99. The molecule has 0 aromatic heterocycles. The summed E-state index contributed by atoms with van der Waals surface area (Å²) < 4.78 is 10.2. The molecule has 0 aromatic rings. The smallest absolute Gasteiger partial charge is 0.0615 e. The van der Waals surface area contributed by atoms with E-state index in [1.165, 1.54) is 0 Å². The molecule has 0 aliphatic carbocycles. The van der Waals surface area contributed by atoms with E-state index in [1.54, 1.807) is 14.2 Å². The normalized spacial score (nSPS) is 15.4. The Kier molecular flexibility index (Phi) is 9.29. The summed E-state index contributed by atoms with van der Waals surface area (Å²) >= 11 is 0. The quantitative estimate of drug-likeness (QED) is 0.569. The van der Waals surface area contributed by atoms with Crippen LogP contribution in [0.5, 0.6) is 0 Å². The standard InChI is InChI=1S/C10H24N2O2/c1-9(7-13-2)12-10(8-14-3)5-4-6-11/h9-10,12H,4-8,11H2,1-3H3. The molecule has 0 fully saturated rings. The van der Waals surface area contributed by atoms with E-state index in [9.17, 15) is 0 Å². The highest BCUT2D eigenvalue weighted by Gasteiger charge is 2.10. The predicted octanol–water partition coefficient (Wildman–Crippen LogP) is 0.365. The van der Waals surface area contributed by atoms with Crippen LogP contribution >= 0.6 is 0 Å². The second kappa shape index (κ2) is 9.40. The van der Waals surface area contributed by atoms with Gasteiger partial charge >= 0.3 is 0 Å². The first-order chi connectivity index (χ1) is 6.74. The number of nitrogens with two attached hydrogens (primary N) is 1. The fourth-order valence-corrected chi connectivity index (χ4v) is 1.48. The number of ether oxygens (including phenoxy) is 2. The van der Waals surface area contributed by atoms with Gasteiger partial charge in [-0.15, -0.1) is 0 Å². The van der Waals surface area contributed by atoms with Crippen molar-refractivity contribution in [3.05, 3.63) is 0 Å². The topological polar surface area (TPSA) is 56.5 Å². The molecule has 0 spiro atoms. The zero-order valence-electron chi connectivity index (χ0n) is 9.58. The Morgan fingerprint density at radius 2 is 1.86 bits per heavy atom. The number of nitrogens with one attached hydrogen (secondary N) is 1. The van der Waals surface area contributed by atoms with E-state index >= 15 is 0 Å². The lowest BCUT2D eigenvalue weighted by molar-refractivity contribution is 0.131. The average Bonchev–Trinajstić information content (AvgIpc) is 2.15. The molecule has 0 bridgehead atoms. The minimum Gasteiger partial charge on any atom is -0.383 e. The number of hydrogen-bond donors (Lipinski definition) is 2. The summed E-state index contributed by atoms with van der Waals surface area (Å²) in [5.41, 5.74) is 5.47. The van der Waals surface area contributed by atoms with Crippen molar-refractivity contribution in [2.75, 3.05) is 34.0 Å². The molecule has 4 nitrogen and oxygen atoms in total. The summed E-state index contributed by atoms with van der Waals surface area (Å²) in [5.74, 6) is 0. The van der Waals surface area contributed by atoms with Gasteiger partial charge in [-0.3, -0.25) is 0 Å². The molecule has 0 aliphatic rings. The number of hydrogen-bond acceptors (Lipinski definition) is 4. The van der Waals surface area contributed by atoms with Gasteiger partial charge in [0.15, 0.2) is 0 Å². The van der Waals surface area contributed by atoms with E-state index in [-0.39, 0.29) is 0 Å².